The van der Waals surface area contributed by atoms with Crippen LogP contribution in [0.15, 0.2) is 127 Å². The highest BCUT2D eigenvalue weighted by Gasteiger charge is 2.59. The summed E-state index contributed by atoms with van der Waals surface area (Å²) in [5, 5.41) is 27.4. The Morgan fingerprint density at radius 1 is 0.833 bits per heavy atom. The van der Waals surface area contributed by atoms with Gasteiger partial charge in [-0.2, -0.15) is 13.9 Å². The van der Waals surface area contributed by atoms with Gasteiger partial charge in [-0.3, -0.25) is 4.98 Å². The van der Waals surface area contributed by atoms with Crippen molar-refractivity contribution in [3.05, 3.63) is 149 Å². The van der Waals surface area contributed by atoms with Gasteiger partial charge < -0.3 is 19.6 Å². The van der Waals surface area contributed by atoms with E-state index < -0.39 is 23.8 Å². The molecule has 2 aliphatic heterocycles. The van der Waals surface area contributed by atoms with Crippen LogP contribution in [0.25, 0.3) is 28.3 Å². The van der Waals surface area contributed by atoms with Gasteiger partial charge in [-0.15, -0.1) is 5.10 Å². The fourth-order valence-electron chi connectivity index (χ4n) is 8.19. The smallest absolute Gasteiger partial charge is 0.351 e. The fourth-order valence-corrected chi connectivity index (χ4v) is 8.19. The second kappa shape index (κ2) is 15.8. The normalized spacial score (nSPS) is 17.6. The molecule has 16 heteroatoms. The van der Waals surface area contributed by atoms with Gasteiger partial charge in [0.25, 0.3) is 0 Å². The van der Waals surface area contributed by atoms with Crippen molar-refractivity contribution in [2.75, 3.05) is 36.0 Å². The first kappa shape index (κ1) is 38.8. The number of aromatic nitrogens is 9. The SMILES string of the molecule is CCC([C@H](C)OCc1ccccc1)n1ncn(-c2ccc(N3CCN(c4ccc(-c5ccc(C(F)(F)C6(O)Cn7nnnc7-c7ccccc76)nc5)cc4)CC3)cn2)c1=O. The number of ether oxygens (including phenoxy) is 1. The van der Waals surface area contributed by atoms with Crippen LogP contribution in [0.2, 0.25) is 0 Å². The highest BCUT2D eigenvalue weighted by atomic mass is 19.3. The first-order chi connectivity index (χ1) is 29.1. The van der Waals surface area contributed by atoms with E-state index in [4.69, 9.17) is 4.74 Å². The molecular formula is C44H43F2N11O3. The number of nitrogens with zero attached hydrogens (tertiary/aromatic N) is 11. The van der Waals surface area contributed by atoms with Crippen LogP contribution in [0, 0.1) is 0 Å². The van der Waals surface area contributed by atoms with Gasteiger partial charge >= 0.3 is 11.6 Å². The Morgan fingerprint density at radius 3 is 2.23 bits per heavy atom. The lowest BCUT2D eigenvalue weighted by molar-refractivity contribution is -0.207. The van der Waals surface area contributed by atoms with Crippen LogP contribution < -0.4 is 15.5 Å². The summed E-state index contributed by atoms with van der Waals surface area (Å²) in [6.07, 6.45) is 5.17. The Morgan fingerprint density at radius 2 is 1.53 bits per heavy atom. The molecule has 0 bridgehead atoms. The topological polar surface area (TPSA) is 145 Å². The number of tetrazole rings is 1. The summed E-state index contributed by atoms with van der Waals surface area (Å²) < 4.78 is 42.7. The molecule has 2 unspecified atom stereocenters. The van der Waals surface area contributed by atoms with Crippen LogP contribution in [0.4, 0.5) is 20.2 Å². The monoisotopic (exact) mass is 811 g/mol. The number of hydrogen-bond acceptors (Lipinski definition) is 11. The Kier molecular flexibility index (Phi) is 10.3. The molecule has 6 heterocycles. The number of piperazine rings is 1. The van der Waals surface area contributed by atoms with E-state index >= 15 is 8.78 Å². The highest BCUT2D eigenvalue weighted by molar-refractivity contribution is 5.67. The van der Waals surface area contributed by atoms with E-state index in [2.05, 4.69) is 40.4 Å². The first-order valence-corrected chi connectivity index (χ1v) is 20.0. The minimum absolute atomic E-state index is 0.0454. The van der Waals surface area contributed by atoms with Crippen LogP contribution in [-0.2, 0) is 29.4 Å². The Balaban J connectivity index is 0.813. The number of alkyl halides is 2. The maximum absolute atomic E-state index is 16.2. The average molecular weight is 812 g/mol. The number of halogens is 2. The standard InChI is InChI=1S/C44H43F2N11O3/c1-3-38(30(2)60-27-31-9-5-4-6-10-31)57-42(58)55(29-49-57)40-20-18-35(26-48-40)54-23-21-53(22-24-54)34-16-13-32(14-17-34)33-15-19-39(47-25-33)44(45,46)43(59)28-56-41(50-51-52-56)36-11-7-8-12-37(36)43/h4-20,25-26,29-30,38,59H,3,21-24,27-28H2,1-2H3/t30-,38?,43?/m0/s1. The Labute approximate surface area is 344 Å². The molecule has 0 aliphatic carbocycles. The number of pyridine rings is 2. The Hall–Kier alpha value is -6.65. The highest BCUT2D eigenvalue weighted by Crippen LogP contribution is 2.50. The number of hydrogen-bond donors (Lipinski definition) is 1. The van der Waals surface area contributed by atoms with Crippen LogP contribution in [0.5, 0.6) is 0 Å². The van der Waals surface area contributed by atoms with Crippen molar-refractivity contribution in [3.8, 4) is 28.3 Å². The maximum Gasteiger partial charge on any atom is 0.351 e. The molecule has 306 valence electrons. The molecular weight excluding hydrogens is 769 g/mol. The van der Waals surface area contributed by atoms with Crippen LogP contribution in [-0.4, -0.2) is 81.9 Å². The Bertz CT molecular complexity index is 2630. The van der Waals surface area contributed by atoms with Gasteiger partial charge in [0.05, 0.1) is 37.2 Å². The van der Waals surface area contributed by atoms with Gasteiger partial charge in [-0.05, 0) is 65.2 Å². The van der Waals surface area contributed by atoms with Gasteiger partial charge in [-0.25, -0.2) is 23.7 Å². The predicted octanol–water partition coefficient (Wildman–Crippen LogP) is 6.02. The van der Waals surface area contributed by atoms with Gasteiger partial charge in [0.2, 0.25) is 0 Å². The van der Waals surface area contributed by atoms with Gasteiger partial charge in [-0.1, -0.05) is 79.7 Å². The first-order valence-electron chi connectivity index (χ1n) is 20.0. The largest absolute Gasteiger partial charge is 0.377 e. The lowest BCUT2D eigenvalue weighted by atomic mass is 9.80. The molecule has 0 saturated carbocycles. The van der Waals surface area contributed by atoms with E-state index in [9.17, 15) is 9.90 Å². The summed E-state index contributed by atoms with van der Waals surface area (Å²) in [7, 11) is 0. The zero-order valence-electron chi connectivity index (χ0n) is 33.1. The van der Waals surface area contributed by atoms with Crippen LogP contribution in [0.3, 0.4) is 0 Å². The molecule has 0 amide bonds. The molecule has 4 aromatic heterocycles. The van der Waals surface area contributed by atoms with Crippen molar-refractivity contribution >= 4 is 11.4 Å². The average Bonchev–Trinajstić information content (AvgIpc) is 3.93. The van der Waals surface area contributed by atoms with Crippen LogP contribution >= 0.6 is 0 Å². The number of fused-ring (bicyclic) bond motifs is 3. The number of rotatable bonds is 12. The molecule has 60 heavy (non-hydrogen) atoms. The zero-order valence-corrected chi connectivity index (χ0v) is 33.1. The lowest BCUT2D eigenvalue weighted by Crippen LogP contribution is -2.49. The van der Waals surface area contributed by atoms with E-state index in [1.807, 2.05) is 80.6 Å². The van der Waals surface area contributed by atoms with E-state index in [0.717, 1.165) is 48.7 Å². The molecule has 2 aliphatic rings. The second-order valence-electron chi connectivity index (χ2n) is 15.2. The van der Waals surface area contributed by atoms with E-state index in [1.165, 1.54) is 38.6 Å². The van der Waals surface area contributed by atoms with E-state index in [1.54, 1.807) is 30.5 Å². The maximum atomic E-state index is 16.2. The molecule has 14 nitrogen and oxygen atoms in total. The summed E-state index contributed by atoms with van der Waals surface area (Å²) in [5.41, 5.74) is 1.53. The number of anilines is 2. The quantitative estimate of drug-likeness (QED) is 0.155. The second-order valence-corrected chi connectivity index (χ2v) is 15.2. The predicted molar refractivity (Wildman–Crippen MR) is 221 cm³/mol. The van der Waals surface area contributed by atoms with Gasteiger partial charge in [0.15, 0.2) is 11.4 Å². The molecule has 3 atom stereocenters. The molecule has 3 aromatic carbocycles. The van der Waals surface area contributed by atoms with Gasteiger partial charge in [0.1, 0.15) is 17.8 Å². The van der Waals surface area contributed by atoms with Crippen LogP contribution in [0.1, 0.15) is 43.1 Å². The molecule has 1 N–H and O–H groups in total. The third-order valence-corrected chi connectivity index (χ3v) is 11.6. The fraction of sp³-hybridized carbons (Fsp3) is 0.295. The number of aliphatic hydroxyl groups is 1. The van der Waals surface area contributed by atoms with Crippen molar-refractivity contribution in [2.45, 2.75) is 57.1 Å². The van der Waals surface area contributed by atoms with E-state index in [0.29, 0.717) is 35.8 Å². The van der Waals surface area contributed by atoms with Crippen molar-refractivity contribution < 1.29 is 18.6 Å². The third kappa shape index (κ3) is 7.00. The number of benzene rings is 3. The summed E-state index contributed by atoms with van der Waals surface area (Å²) in [4.78, 5) is 26.8. The molecule has 0 radical (unpaired) electrons. The third-order valence-electron chi connectivity index (χ3n) is 11.6. The minimum Gasteiger partial charge on any atom is -0.377 e. The minimum atomic E-state index is -3.75. The molecule has 7 aromatic rings. The lowest BCUT2D eigenvalue weighted by Gasteiger charge is -2.39. The zero-order chi connectivity index (χ0) is 41.4. The molecule has 1 fully saturated rings. The summed E-state index contributed by atoms with van der Waals surface area (Å²) >= 11 is 0. The van der Waals surface area contributed by atoms with Crippen molar-refractivity contribution in [1.82, 2.24) is 44.5 Å². The molecule has 9 rings (SSSR count). The van der Waals surface area contributed by atoms with E-state index in [-0.39, 0.29) is 23.4 Å². The van der Waals surface area contributed by atoms with Crippen molar-refractivity contribution in [3.63, 3.8) is 0 Å². The van der Waals surface area contributed by atoms with Crippen molar-refractivity contribution in [1.29, 1.82) is 0 Å². The summed E-state index contributed by atoms with van der Waals surface area (Å²) in [6.45, 7) is 7.01. The molecule has 1 saturated heterocycles. The summed E-state index contributed by atoms with van der Waals surface area (Å²) in [5.74, 6) is -2.94. The van der Waals surface area contributed by atoms with Crippen molar-refractivity contribution in [2.24, 2.45) is 0 Å². The molecule has 0 spiro atoms. The van der Waals surface area contributed by atoms with Gasteiger partial charge in [0, 0.05) is 54.8 Å². The summed E-state index contributed by atoms with van der Waals surface area (Å²) in [6, 6.07) is 30.7.